The van der Waals surface area contributed by atoms with Crippen LogP contribution in [0.2, 0.25) is 0 Å². The van der Waals surface area contributed by atoms with Crippen molar-refractivity contribution in [2.75, 3.05) is 19.6 Å². The van der Waals surface area contributed by atoms with Gasteiger partial charge in [0.2, 0.25) is 5.91 Å². The van der Waals surface area contributed by atoms with Gasteiger partial charge in [-0.15, -0.1) is 0 Å². The molecule has 1 aromatic carbocycles. The zero-order valence-corrected chi connectivity index (χ0v) is 12.9. The van der Waals surface area contributed by atoms with Crippen molar-refractivity contribution >= 4 is 21.8 Å². The van der Waals surface area contributed by atoms with Crippen molar-refractivity contribution in [1.29, 1.82) is 0 Å². The van der Waals surface area contributed by atoms with Crippen molar-refractivity contribution in [3.63, 3.8) is 0 Å². The summed E-state index contributed by atoms with van der Waals surface area (Å²) in [6.45, 7) is 2.78. The second-order valence-electron chi connectivity index (χ2n) is 5.17. The number of benzene rings is 1. The summed E-state index contributed by atoms with van der Waals surface area (Å²) in [6, 6.07) is 7.71. The van der Waals surface area contributed by atoms with E-state index in [1.54, 1.807) is 4.90 Å². The Balaban J connectivity index is 1.84. The van der Waals surface area contributed by atoms with Crippen molar-refractivity contribution in [1.82, 2.24) is 10.2 Å². The lowest BCUT2D eigenvalue weighted by Crippen LogP contribution is -2.37. The number of hydrogen-bond acceptors (Lipinski definition) is 4. The first kappa shape index (κ1) is 15.4. The summed E-state index contributed by atoms with van der Waals surface area (Å²) in [4.78, 5) is 13.7. The van der Waals surface area contributed by atoms with E-state index in [1.807, 2.05) is 31.2 Å². The van der Waals surface area contributed by atoms with Gasteiger partial charge in [0.05, 0.1) is 24.8 Å². The average Bonchev–Trinajstić information content (AvgIpc) is 2.68. The molecule has 3 atom stereocenters. The number of β-amino-alcohol motifs (C(OH)–C–C–N with tert-alkyl or cyclic N) is 2. The van der Waals surface area contributed by atoms with Crippen molar-refractivity contribution in [2.24, 2.45) is 0 Å². The quantitative estimate of drug-likeness (QED) is 0.751. The number of hydrogen-bond donors (Lipinski definition) is 3. The van der Waals surface area contributed by atoms with E-state index in [0.29, 0.717) is 13.1 Å². The molecule has 1 heterocycles. The predicted octanol–water partition coefficient (Wildman–Crippen LogP) is 0.664. The molecule has 6 heteroatoms. The average molecular weight is 343 g/mol. The van der Waals surface area contributed by atoms with Gasteiger partial charge in [-0.2, -0.15) is 0 Å². The van der Waals surface area contributed by atoms with Crippen LogP contribution in [0.5, 0.6) is 0 Å². The molecule has 2 rings (SSSR count). The van der Waals surface area contributed by atoms with Gasteiger partial charge in [-0.25, -0.2) is 0 Å². The van der Waals surface area contributed by atoms with Gasteiger partial charge in [0.1, 0.15) is 0 Å². The lowest BCUT2D eigenvalue weighted by molar-refractivity contribution is -0.122. The van der Waals surface area contributed by atoms with E-state index in [9.17, 15) is 15.0 Å². The first-order valence-electron chi connectivity index (χ1n) is 6.59. The highest BCUT2D eigenvalue weighted by atomic mass is 79.9. The summed E-state index contributed by atoms with van der Waals surface area (Å²) in [5, 5.41) is 21.8. The van der Waals surface area contributed by atoms with Gasteiger partial charge < -0.3 is 15.5 Å². The van der Waals surface area contributed by atoms with E-state index < -0.39 is 12.2 Å². The summed E-state index contributed by atoms with van der Waals surface area (Å²) in [5.41, 5.74) is 1.03. The van der Waals surface area contributed by atoms with Crippen LogP contribution in [0.1, 0.15) is 18.5 Å². The molecule has 1 fully saturated rings. The minimum atomic E-state index is -0.758. The van der Waals surface area contributed by atoms with Crippen molar-refractivity contribution in [3.05, 3.63) is 34.3 Å². The topological polar surface area (TPSA) is 72.8 Å². The molecular weight excluding hydrogens is 324 g/mol. The maximum atomic E-state index is 11.9. The number of aliphatic hydroxyl groups is 2. The highest BCUT2D eigenvalue weighted by Gasteiger charge is 2.30. The molecule has 1 saturated heterocycles. The third-order valence-corrected chi connectivity index (χ3v) is 3.98. The van der Waals surface area contributed by atoms with Gasteiger partial charge in [-0.05, 0) is 24.6 Å². The maximum Gasteiger partial charge on any atom is 0.234 e. The van der Waals surface area contributed by atoms with Crippen molar-refractivity contribution in [2.45, 2.75) is 25.2 Å². The number of carbonyl (C=O) groups is 1. The van der Waals surface area contributed by atoms with E-state index in [0.717, 1.165) is 10.0 Å². The molecule has 1 unspecified atom stereocenters. The van der Waals surface area contributed by atoms with Crippen LogP contribution in [-0.2, 0) is 4.79 Å². The second-order valence-corrected chi connectivity index (χ2v) is 6.09. The number of aliphatic hydroxyl groups excluding tert-OH is 2. The Hall–Kier alpha value is -0.950. The molecule has 1 aliphatic rings. The number of halogens is 1. The van der Waals surface area contributed by atoms with Gasteiger partial charge in [-0.1, -0.05) is 28.1 Å². The molecule has 1 aromatic rings. The molecule has 0 radical (unpaired) electrons. The SMILES string of the molecule is CC(NC(=O)CN1C[C@@H](O)[C@@H](O)C1)c1ccc(Br)cc1. The van der Waals surface area contributed by atoms with Crippen LogP contribution < -0.4 is 5.32 Å². The van der Waals surface area contributed by atoms with Crippen LogP contribution in [0.15, 0.2) is 28.7 Å². The molecule has 5 nitrogen and oxygen atoms in total. The summed E-state index contributed by atoms with van der Waals surface area (Å²) >= 11 is 3.37. The van der Waals surface area contributed by atoms with Crippen LogP contribution in [-0.4, -0.2) is 52.9 Å². The number of rotatable bonds is 4. The van der Waals surface area contributed by atoms with Crippen molar-refractivity contribution < 1.29 is 15.0 Å². The number of nitrogens with zero attached hydrogens (tertiary/aromatic N) is 1. The summed E-state index contributed by atoms with van der Waals surface area (Å²) in [6.07, 6.45) is -1.52. The number of carbonyl (C=O) groups excluding carboxylic acids is 1. The number of amides is 1. The van der Waals surface area contributed by atoms with E-state index in [-0.39, 0.29) is 18.5 Å². The lowest BCUT2D eigenvalue weighted by Gasteiger charge is -2.18. The Labute approximate surface area is 126 Å². The Morgan fingerprint density at radius 2 is 1.90 bits per heavy atom. The van der Waals surface area contributed by atoms with E-state index in [2.05, 4.69) is 21.2 Å². The van der Waals surface area contributed by atoms with E-state index >= 15 is 0 Å². The Kier molecular flexibility index (Phi) is 5.15. The maximum absolute atomic E-state index is 11.9. The number of nitrogens with one attached hydrogen (secondary N) is 1. The van der Waals surface area contributed by atoms with Crippen LogP contribution in [0.3, 0.4) is 0 Å². The standard InChI is InChI=1S/C14H19BrN2O3/c1-9(10-2-4-11(15)5-3-10)16-14(20)8-17-6-12(18)13(19)7-17/h2-5,9,12-13,18-19H,6-8H2,1H3,(H,16,20)/t9?,12-,13+. The minimum Gasteiger partial charge on any atom is -0.389 e. The Bertz CT molecular complexity index is 456. The first-order chi connectivity index (χ1) is 9.45. The third-order valence-electron chi connectivity index (χ3n) is 3.45. The van der Waals surface area contributed by atoms with Crippen LogP contribution >= 0.6 is 15.9 Å². The smallest absolute Gasteiger partial charge is 0.234 e. The molecular formula is C14H19BrN2O3. The molecule has 1 amide bonds. The fraction of sp³-hybridized carbons (Fsp3) is 0.500. The zero-order valence-electron chi connectivity index (χ0n) is 11.3. The molecule has 0 spiro atoms. The second kappa shape index (κ2) is 6.67. The van der Waals surface area contributed by atoms with E-state index in [1.165, 1.54) is 0 Å². The Morgan fingerprint density at radius 3 is 2.45 bits per heavy atom. The lowest BCUT2D eigenvalue weighted by atomic mass is 10.1. The van der Waals surface area contributed by atoms with Crippen LogP contribution in [0.4, 0.5) is 0 Å². The molecule has 20 heavy (non-hydrogen) atoms. The van der Waals surface area contributed by atoms with Crippen molar-refractivity contribution in [3.8, 4) is 0 Å². The molecule has 0 bridgehead atoms. The first-order valence-corrected chi connectivity index (χ1v) is 7.38. The Morgan fingerprint density at radius 1 is 1.35 bits per heavy atom. The molecule has 0 aliphatic carbocycles. The highest BCUT2D eigenvalue weighted by Crippen LogP contribution is 2.16. The molecule has 0 saturated carbocycles. The molecule has 1 aliphatic heterocycles. The third kappa shape index (κ3) is 4.02. The van der Waals surface area contributed by atoms with Gasteiger partial charge in [0.25, 0.3) is 0 Å². The fourth-order valence-electron chi connectivity index (χ4n) is 2.30. The zero-order chi connectivity index (χ0) is 14.7. The monoisotopic (exact) mass is 342 g/mol. The normalized spacial score (nSPS) is 24.6. The predicted molar refractivity (Wildman–Crippen MR) is 79.2 cm³/mol. The number of likely N-dealkylation sites (tertiary alicyclic amines) is 1. The summed E-state index contributed by atoms with van der Waals surface area (Å²) in [5.74, 6) is -0.110. The summed E-state index contributed by atoms with van der Waals surface area (Å²) in [7, 11) is 0. The molecule has 110 valence electrons. The fourth-order valence-corrected chi connectivity index (χ4v) is 2.57. The largest absolute Gasteiger partial charge is 0.389 e. The highest BCUT2D eigenvalue weighted by molar-refractivity contribution is 9.10. The molecule has 0 aromatic heterocycles. The van der Waals surface area contributed by atoms with Crippen LogP contribution in [0.25, 0.3) is 0 Å². The minimum absolute atomic E-state index is 0.0759. The van der Waals surface area contributed by atoms with Gasteiger partial charge >= 0.3 is 0 Å². The van der Waals surface area contributed by atoms with Gasteiger partial charge in [0, 0.05) is 17.6 Å². The molecule has 3 N–H and O–H groups in total. The van der Waals surface area contributed by atoms with Gasteiger partial charge in [-0.3, -0.25) is 9.69 Å². The van der Waals surface area contributed by atoms with E-state index in [4.69, 9.17) is 0 Å². The summed E-state index contributed by atoms with van der Waals surface area (Å²) < 4.78 is 1.000. The van der Waals surface area contributed by atoms with Gasteiger partial charge in [0.15, 0.2) is 0 Å². The van der Waals surface area contributed by atoms with Crippen LogP contribution in [0, 0.1) is 0 Å².